The van der Waals surface area contributed by atoms with E-state index in [1.807, 2.05) is 0 Å². The van der Waals surface area contributed by atoms with E-state index in [2.05, 4.69) is 0 Å². The average molecular weight is 198 g/mol. The van der Waals surface area contributed by atoms with Crippen molar-refractivity contribution in [2.75, 3.05) is 13.7 Å². The second-order valence-electron chi connectivity index (χ2n) is 2.96. The molecule has 0 unspecified atom stereocenters. The molecule has 1 aromatic carbocycles. The van der Waals surface area contributed by atoms with Crippen molar-refractivity contribution in [2.45, 2.75) is 6.42 Å². The van der Waals surface area contributed by atoms with E-state index in [9.17, 15) is 4.39 Å². The van der Waals surface area contributed by atoms with Crippen molar-refractivity contribution in [1.82, 2.24) is 0 Å². The lowest BCUT2D eigenvalue weighted by Gasteiger charge is -2.08. The van der Waals surface area contributed by atoms with E-state index in [1.54, 1.807) is 0 Å². The Morgan fingerprint density at radius 3 is 2.71 bits per heavy atom. The van der Waals surface area contributed by atoms with Crippen molar-refractivity contribution in [1.29, 1.82) is 0 Å². The summed E-state index contributed by atoms with van der Waals surface area (Å²) in [6.45, 7) is 0.420. The van der Waals surface area contributed by atoms with Gasteiger partial charge in [-0.25, -0.2) is 4.39 Å². The molecule has 14 heavy (non-hydrogen) atoms. The molecule has 0 spiro atoms. The van der Waals surface area contributed by atoms with Crippen molar-refractivity contribution in [3.63, 3.8) is 0 Å². The zero-order chi connectivity index (χ0) is 10.6. The summed E-state index contributed by atoms with van der Waals surface area (Å²) in [5.41, 5.74) is 0.880. The van der Waals surface area contributed by atoms with Crippen LogP contribution in [0.25, 0.3) is 0 Å². The maximum absolute atomic E-state index is 12.8. The van der Waals surface area contributed by atoms with Crippen molar-refractivity contribution >= 4 is 12.6 Å². The van der Waals surface area contributed by atoms with Gasteiger partial charge in [0, 0.05) is 7.11 Å². The minimum Gasteiger partial charge on any atom is -0.423 e. The molecule has 0 aliphatic rings. The molecule has 1 aromatic rings. The molecular formula is C9H12BFO3. The summed E-state index contributed by atoms with van der Waals surface area (Å²) < 4.78 is 17.7. The normalized spacial score (nSPS) is 10.3. The van der Waals surface area contributed by atoms with Gasteiger partial charge in [0.1, 0.15) is 5.82 Å². The number of benzene rings is 1. The molecule has 0 radical (unpaired) electrons. The first-order valence-electron chi connectivity index (χ1n) is 4.28. The molecule has 0 fully saturated rings. The molecule has 5 heteroatoms. The SMILES string of the molecule is COCCc1cc(F)ccc1B(O)O. The molecule has 0 aliphatic heterocycles. The van der Waals surface area contributed by atoms with Crippen LogP contribution >= 0.6 is 0 Å². The molecule has 0 saturated carbocycles. The number of hydrogen-bond donors (Lipinski definition) is 2. The predicted molar refractivity (Wildman–Crippen MR) is 51.8 cm³/mol. The van der Waals surface area contributed by atoms with E-state index in [4.69, 9.17) is 14.8 Å². The molecule has 1 rings (SSSR count). The fourth-order valence-electron chi connectivity index (χ4n) is 1.25. The van der Waals surface area contributed by atoms with Gasteiger partial charge in [-0.15, -0.1) is 0 Å². The molecule has 0 atom stereocenters. The van der Waals surface area contributed by atoms with Crippen molar-refractivity contribution in [3.8, 4) is 0 Å². The minimum atomic E-state index is -1.57. The van der Waals surface area contributed by atoms with E-state index in [0.29, 0.717) is 24.1 Å². The highest BCUT2D eigenvalue weighted by Crippen LogP contribution is 2.03. The van der Waals surface area contributed by atoms with Crippen molar-refractivity contribution in [3.05, 3.63) is 29.6 Å². The highest BCUT2D eigenvalue weighted by atomic mass is 19.1. The first-order valence-corrected chi connectivity index (χ1v) is 4.28. The molecule has 2 N–H and O–H groups in total. The second-order valence-corrected chi connectivity index (χ2v) is 2.96. The van der Waals surface area contributed by atoms with Gasteiger partial charge < -0.3 is 14.8 Å². The third-order valence-electron chi connectivity index (χ3n) is 1.96. The predicted octanol–water partition coefficient (Wildman–Crippen LogP) is -0.306. The van der Waals surface area contributed by atoms with Crippen LogP contribution in [0.4, 0.5) is 4.39 Å². The fraction of sp³-hybridized carbons (Fsp3) is 0.333. The number of ether oxygens (including phenoxy) is 1. The van der Waals surface area contributed by atoms with Gasteiger partial charge in [-0.2, -0.15) is 0 Å². The fourth-order valence-corrected chi connectivity index (χ4v) is 1.25. The van der Waals surface area contributed by atoms with E-state index >= 15 is 0 Å². The van der Waals surface area contributed by atoms with Gasteiger partial charge >= 0.3 is 7.12 Å². The van der Waals surface area contributed by atoms with E-state index in [0.717, 1.165) is 0 Å². The summed E-state index contributed by atoms with van der Waals surface area (Å²) in [6.07, 6.45) is 0.460. The summed E-state index contributed by atoms with van der Waals surface area (Å²) in [6, 6.07) is 3.85. The van der Waals surface area contributed by atoms with Crippen LogP contribution in [-0.2, 0) is 11.2 Å². The Morgan fingerprint density at radius 1 is 1.43 bits per heavy atom. The zero-order valence-electron chi connectivity index (χ0n) is 7.90. The summed E-state index contributed by atoms with van der Waals surface area (Å²) in [5, 5.41) is 18.0. The molecule has 0 saturated heterocycles. The standard InChI is InChI=1S/C9H12BFO3/c1-14-5-4-7-6-8(11)2-3-9(7)10(12)13/h2-3,6,12-13H,4-5H2,1H3. The number of halogens is 1. The third-order valence-corrected chi connectivity index (χ3v) is 1.96. The summed E-state index contributed by atoms with van der Waals surface area (Å²) in [7, 11) is -0.0311. The lowest BCUT2D eigenvalue weighted by molar-refractivity contribution is 0.202. The van der Waals surface area contributed by atoms with Crippen molar-refractivity contribution in [2.24, 2.45) is 0 Å². The van der Waals surface area contributed by atoms with Crippen LogP contribution in [0.2, 0.25) is 0 Å². The quantitative estimate of drug-likeness (QED) is 0.652. The summed E-state index contributed by atoms with van der Waals surface area (Å²) in [5.74, 6) is -0.388. The molecule has 3 nitrogen and oxygen atoms in total. The first-order chi connectivity index (χ1) is 6.65. The van der Waals surface area contributed by atoms with Gasteiger partial charge in [0.15, 0.2) is 0 Å². The monoisotopic (exact) mass is 198 g/mol. The molecule has 0 bridgehead atoms. The Hall–Kier alpha value is -0.905. The molecular weight excluding hydrogens is 186 g/mol. The molecule has 76 valence electrons. The Balaban J connectivity index is 2.91. The molecule has 0 amide bonds. The van der Waals surface area contributed by atoms with Gasteiger partial charge in [0.2, 0.25) is 0 Å². The zero-order valence-corrected chi connectivity index (χ0v) is 7.90. The van der Waals surface area contributed by atoms with Gasteiger partial charge in [-0.05, 0) is 29.6 Å². The van der Waals surface area contributed by atoms with Gasteiger partial charge in [0.25, 0.3) is 0 Å². The molecule has 0 heterocycles. The van der Waals surface area contributed by atoms with Crippen LogP contribution < -0.4 is 5.46 Å². The largest absolute Gasteiger partial charge is 0.488 e. The van der Waals surface area contributed by atoms with E-state index < -0.39 is 7.12 Å². The number of hydrogen-bond acceptors (Lipinski definition) is 3. The smallest absolute Gasteiger partial charge is 0.423 e. The lowest BCUT2D eigenvalue weighted by atomic mass is 9.76. The van der Waals surface area contributed by atoms with Crippen molar-refractivity contribution < 1.29 is 19.2 Å². The topological polar surface area (TPSA) is 49.7 Å². The first kappa shape index (κ1) is 11.2. The van der Waals surface area contributed by atoms with Gasteiger partial charge in [-0.1, -0.05) is 6.07 Å². The van der Waals surface area contributed by atoms with Crippen LogP contribution in [0.1, 0.15) is 5.56 Å². The lowest BCUT2D eigenvalue weighted by Crippen LogP contribution is -2.33. The van der Waals surface area contributed by atoms with Crippen LogP contribution in [0.5, 0.6) is 0 Å². The highest BCUT2D eigenvalue weighted by molar-refractivity contribution is 6.59. The molecule has 0 aliphatic carbocycles. The van der Waals surface area contributed by atoms with Gasteiger partial charge in [-0.3, -0.25) is 0 Å². The Kier molecular flexibility index (Phi) is 4.07. The molecule has 0 aromatic heterocycles. The Morgan fingerprint density at radius 2 is 2.14 bits per heavy atom. The van der Waals surface area contributed by atoms with Crippen LogP contribution in [0.15, 0.2) is 18.2 Å². The minimum absolute atomic E-state index is 0.323. The van der Waals surface area contributed by atoms with Crippen LogP contribution in [0, 0.1) is 5.82 Å². The van der Waals surface area contributed by atoms with E-state index in [-0.39, 0.29) is 5.82 Å². The van der Waals surface area contributed by atoms with Crippen LogP contribution in [-0.4, -0.2) is 30.9 Å². The van der Waals surface area contributed by atoms with E-state index in [1.165, 1.54) is 25.3 Å². The van der Waals surface area contributed by atoms with Crippen LogP contribution in [0.3, 0.4) is 0 Å². The maximum atomic E-state index is 12.8. The number of rotatable bonds is 4. The average Bonchev–Trinajstić information content (AvgIpc) is 2.14. The summed E-state index contributed by atoms with van der Waals surface area (Å²) in [4.78, 5) is 0. The van der Waals surface area contributed by atoms with Gasteiger partial charge in [0.05, 0.1) is 6.61 Å². The number of methoxy groups -OCH3 is 1. The second kappa shape index (κ2) is 5.09. The highest BCUT2D eigenvalue weighted by Gasteiger charge is 2.15. The summed E-state index contributed by atoms with van der Waals surface area (Å²) >= 11 is 0. The maximum Gasteiger partial charge on any atom is 0.488 e. The Labute approximate surface area is 82.3 Å². The third kappa shape index (κ3) is 2.80. The Bertz CT molecular complexity index is 304.